The maximum atomic E-state index is 9.11. The summed E-state index contributed by atoms with van der Waals surface area (Å²) in [6.07, 6.45) is 11.1. The lowest BCUT2D eigenvalue weighted by Gasteiger charge is -2.24. The molecule has 17 heavy (non-hydrogen) atoms. The molecular formula is C14H30O2S. The Morgan fingerprint density at radius 2 is 1.47 bits per heavy atom. The minimum absolute atomic E-state index is 0.0103. The van der Waals surface area contributed by atoms with Crippen LogP contribution >= 0.6 is 12.6 Å². The molecule has 0 aliphatic rings. The maximum absolute atomic E-state index is 9.11. The molecule has 0 aromatic carbocycles. The molecule has 104 valence electrons. The molecule has 3 heteroatoms. The summed E-state index contributed by atoms with van der Waals surface area (Å²) in [4.78, 5) is -0.624. The third-order valence-corrected chi connectivity index (χ3v) is 3.75. The van der Waals surface area contributed by atoms with Crippen molar-refractivity contribution in [1.29, 1.82) is 0 Å². The van der Waals surface area contributed by atoms with Gasteiger partial charge < -0.3 is 9.84 Å². The molecule has 0 bridgehead atoms. The lowest BCUT2D eigenvalue weighted by Crippen LogP contribution is -2.29. The fraction of sp³-hybridized carbons (Fsp3) is 1.00. The van der Waals surface area contributed by atoms with E-state index in [0.29, 0.717) is 6.61 Å². The molecule has 0 radical (unpaired) electrons. The van der Waals surface area contributed by atoms with E-state index in [1.165, 1.54) is 44.9 Å². The van der Waals surface area contributed by atoms with Crippen molar-refractivity contribution in [3.8, 4) is 0 Å². The quantitative estimate of drug-likeness (QED) is 0.314. The van der Waals surface area contributed by atoms with E-state index >= 15 is 0 Å². The van der Waals surface area contributed by atoms with Gasteiger partial charge in [-0.3, -0.25) is 0 Å². The highest BCUT2D eigenvalue weighted by molar-refractivity contribution is 7.81. The van der Waals surface area contributed by atoms with Crippen LogP contribution in [0.2, 0.25) is 0 Å². The number of aliphatic hydroxyl groups is 1. The molecule has 0 aliphatic carbocycles. The van der Waals surface area contributed by atoms with Gasteiger partial charge in [-0.25, -0.2) is 0 Å². The molecule has 2 nitrogen and oxygen atoms in total. The summed E-state index contributed by atoms with van der Waals surface area (Å²) >= 11 is 4.33. The summed E-state index contributed by atoms with van der Waals surface area (Å²) in [6.45, 7) is 4.93. The average molecular weight is 262 g/mol. The fourth-order valence-electron chi connectivity index (χ4n) is 1.76. The number of thiol groups is 1. The Morgan fingerprint density at radius 1 is 0.941 bits per heavy atom. The summed E-state index contributed by atoms with van der Waals surface area (Å²) in [6, 6.07) is 0. The minimum atomic E-state index is -0.624. The van der Waals surface area contributed by atoms with E-state index in [4.69, 9.17) is 9.84 Å². The standard InChI is InChI=1S/C14H30O2S/c1-3-5-6-7-8-9-10-11-12-16-14(17,4-2)13-15/h15,17H,3-13H2,1-2H3. The second-order valence-corrected chi connectivity index (χ2v) is 5.60. The average Bonchev–Trinajstić information content (AvgIpc) is 2.36. The van der Waals surface area contributed by atoms with E-state index in [9.17, 15) is 0 Å². The Bertz CT molecular complexity index is 158. The van der Waals surface area contributed by atoms with Crippen LogP contribution in [0.1, 0.15) is 71.6 Å². The first kappa shape index (κ1) is 17.3. The van der Waals surface area contributed by atoms with Crippen LogP contribution < -0.4 is 0 Å². The van der Waals surface area contributed by atoms with Crippen LogP contribution in [0.15, 0.2) is 0 Å². The van der Waals surface area contributed by atoms with Crippen molar-refractivity contribution >= 4 is 12.6 Å². The highest BCUT2D eigenvalue weighted by Crippen LogP contribution is 2.20. The van der Waals surface area contributed by atoms with Crippen molar-refractivity contribution in [1.82, 2.24) is 0 Å². The molecule has 0 spiro atoms. The van der Waals surface area contributed by atoms with E-state index < -0.39 is 4.93 Å². The predicted octanol–water partition coefficient (Wildman–Crippen LogP) is 4.17. The molecule has 1 atom stereocenters. The number of unbranched alkanes of at least 4 members (excludes halogenated alkanes) is 7. The van der Waals surface area contributed by atoms with Gasteiger partial charge in [-0.2, -0.15) is 0 Å². The Morgan fingerprint density at radius 3 is 1.94 bits per heavy atom. The van der Waals surface area contributed by atoms with Crippen LogP contribution in [0.4, 0.5) is 0 Å². The SMILES string of the molecule is CCCCCCCCCCOC(S)(CC)CO. The van der Waals surface area contributed by atoms with Crippen LogP contribution in [0.25, 0.3) is 0 Å². The Hall–Kier alpha value is 0.270. The Kier molecular flexibility index (Phi) is 11.5. The van der Waals surface area contributed by atoms with Gasteiger partial charge in [0, 0.05) is 6.61 Å². The van der Waals surface area contributed by atoms with Gasteiger partial charge >= 0.3 is 0 Å². The first-order valence-corrected chi connectivity index (χ1v) is 7.60. The van der Waals surface area contributed by atoms with Crippen molar-refractivity contribution < 1.29 is 9.84 Å². The maximum Gasteiger partial charge on any atom is 0.133 e. The Balaban J connectivity index is 3.23. The molecule has 0 aromatic heterocycles. The number of rotatable bonds is 12. The summed E-state index contributed by atoms with van der Waals surface area (Å²) in [7, 11) is 0. The monoisotopic (exact) mass is 262 g/mol. The molecule has 0 heterocycles. The summed E-state index contributed by atoms with van der Waals surface area (Å²) in [5.41, 5.74) is 0. The van der Waals surface area contributed by atoms with E-state index in [0.717, 1.165) is 12.8 Å². The lowest BCUT2D eigenvalue weighted by molar-refractivity contribution is -0.0154. The second kappa shape index (κ2) is 11.4. The summed E-state index contributed by atoms with van der Waals surface area (Å²) < 4.78 is 5.59. The number of hydrogen-bond donors (Lipinski definition) is 2. The zero-order chi connectivity index (χ0) is 13.0. The van der Waals surface area contributed by atoms with E-state index in [2.05, 4.69) is 19.6 Å². The highest BCUT2D eigenvalue weighted by Gasteiger charge is 2.22. The van der Waals surface area contributed by atoms with Crippen molar-refractivity contribution in [2.45, 2.75) is 76.6 Å². The largest absolute Gasteiger partial charge is 0.392 e. The molecular weight excluding hydrogens is 232 g/mol. The molecule has 0 aromatic rings. The van der Waals surface area contributed by atoms with Crippen LogP contribution in [-0.2, 0) is 4.74 Å². The molecule has 0 saturated heterocycles. The minimum Gasteiger partial charge on any atom is -0.392 e. The van der Waals surface area contributed by atoms with Crippen molar-refractivity contribution in [3.05, 3.63) is 0 Å². The summed E-state index contributed by atoms with van der Waals surface area (Å²) in [5, 5.41) is 9.11. The van der Waals surface area contributed by atoms with Crippen LogP contribution in [-0.4, -0.2) is 23.3 Å². The Labute approximate surface area is 113 Å². The van der Waals surface area contributed by atoms with Gasteiger partial charge in [0.2, 0.25) is 0 Å². The molecule has 0 rings (SSSR count). The zero-order valence-corrected chi connectivity index (χ0v) is 12.5. The first-order chi connectivity index (χ1) is 8.18. The third kappa shape index (κ3) is 9.93. The number of ether oxygens (including phenoxy) is 1. The predicted molar refractivity (Wildman–Crippen MR) is 77.7 cm³/mol. The normalized spacial score (nSPS) is 14.8. The van der Waals surface area contributed by atoms with Gasteiger partial charge in [0.05, 0.1) is 6.61 Å². The van der Waals surface area contributed by atoms with Crippen LogP contribution in [0, 0.1) is 0 Å². The van der Waals surface area contributed by atoms with Gasteiger partial charge in [-0.1, -0.05) is 58.8 Å². The van der Waals surface area contributed by atoms with Crippen molar-refractivity contribution in [2.24, 2.45) is 0 Å². The second-order valence-electron chi connectivity index (χ2n) is 4.78. The third-order valence-electron chi connectivity index (χ3n) is 3.17. The molecule has 0 aliphatic heterocycles. The van der Waals surface area contributed by atoms with Gasteiger partial charge in [0.25, 0.3) is 0 Å². The molecule has 0 amide bonds. The van der Waals surface area contributed by atoms with Gasteiger partial charge in [-0.15, -0.1) is 12.6 Å². The van der Waals surface area contributed by atoms with E-state index in [-0.39, 0.29) is 6.61 Å². The smallest absolute Gasteiger partial charge is 0.133 e. The van der Waals surface area contributed by atoms with Crippen molar-refractivity contribution in [2.75, 3.05) is 13.2 Å². The lowest BCUT2D eigenvalue weighted by atomic mass is 10.1. The first-order valence-electron chi connectivity index (χ1n) is 7.15. The van der Waals surface area contributed by atoms with Crippen molar-refractivity contribution in [3.63, 3.8) is 0 Å². The van der Waals surface area contributed by atoms with Gasteiger partial charge in [0.15, 0.2) is 0 Å². The van der Waals surface area contributed by atoms with Crippen LogP contribution in [0.3, 0.4) is 0 Å². The topological polar surface area (TPSA) is 29.5 Å². The van der Waals surface area contributed by atoms with Crippen LogP contribution in [0.5, 0.6) is 0 Å². The fourth-order valence-corrected chi connectivity index (χ4v) is 1.85. The molecule has 1 N–H and O–H groups in total. The van der Waals surface area contributed by atoms with Gasteiger partial charge in [-0.05, 0) is 12.8 Å². The number of hydrogen-bond acceptors (Lipinski definition) is 3. The zero-order valence-electron chi connectivity index (χ0n) is 11.6. The van der Waals surface area contributed by atoms with Gasteiger partial charge in [0.1, 0.15) is 4.93 Å². The molecule has 0 fully saturated rings. The van der Waals surface area contributed by atoms with E-state index in [1.54, 1.807) is 0 Å². The number of aliphatic hydroxyl groups excluding tert-OH is 1. The highest BCUT2D eigenvalue weighted by atomic mass is 32.1. The summed E-state index contributed by atoms with van der Waals surface area (Å²) in [5.74, 6) is 0. The van der Waals surface area contributed by atoms with E-state index in [1.807, 2.05) is 6.92 Å². The molecule has 1 unspecified atom stereocenters. The molecule has 0 saturated carbocycles.